The summed E-state index contributed by atoms with van der Waals surface area (Å²) >= 11 is 6.06. The Balaban J connectivity index is 1.76. The van der Waals surface area contributed by atoms with E-state index in [2.05, 4.69) is 10.1 Å². The fourth-order valence-corrected chi connectivity index (χ4v) is 3.21. The Kier molecular flexibility index (Phi) is 7.43. The van der Waals surface area contributed by atoms with Crippen LogP contribution in [0.4, 0.5) is 8.78 Å². The number of rotatable bonds is 7. The molecule has 0 aliphatic heterocycles. The van der Waals surface area contributed by atoms with Gasteiger partial charge in [-0.1, -0.05) is 35.9 Å². The van der Waals surface area contributed by atoms with Crippen LogP contribution in [-0.4, -0.2) is 19.0 Å². The van der Waals surface area contributed by atoms with Gasteiger partial charge >= 0.3 is 5.97 Å². The van der Waals surface area contributed by atoms with Crippen LogP contribution < -0.4 is 10.1 Å². The molecule has 0 aliphatic carbocycles. The van der Waals surface area contributed by atoms with Crippen molar-refractivity contribution in [2.24, 2.45) is 0 Å². The minimum atomic E-state index is -0.839. The molecule has 0 heterocycles. The number of carbonyl (C=O) groups excluding carboxylic acids is 2. The third-order valence-electron chi connectivity index (χ3n) is 4.79. The van der Waals surface area contributed by atoms with E-state index >= 15 is 0 Å². The van der Waals surface area contributed by atoms with Gasteiger partial charge < -0.3 is 14.8 Å². The van der Waals surface area contributed by atoms with E-state index in [1.165, 1.54) is 19.2 Å². The van der Waals surface area contributed by atoms with Gasteiger partial charge in [-0.25, -0.2) is 13.6 Å². The Morgan fingerprint density at radius 3 is 2.31 bits per heavy atom. The van der Waals surface area contributed by atoms with Gasteiger partial charge in [-0.3, -0.25) is 4.79 Å². The van der Waals surface area contributed by atoms with Crippen molar-refractivity contribution in [1.29, 1.82) is 0 Å². The normalized spacial score (nSPS) is 11.5. The molecule has 0 saturated carbocycles. The lowest BCUT2D eigenvalue weighted by molar-refractivity contribution is 0.0600. The number of carbonyl (C=O) groups is 2. The van der Waals surface area contributed by atoms with Crippen molar-refractivity contribution >= 4 is 23.5 Å². The molecular formula is C24H20ClF2NO4. The molecule has 3 rings (SSSR count). The van der Waals surface area contributed by atoms with Crippen molar-refractivity contribution in [2.45, 2.75) is 19.6 Å². The summed E-state index contributed by atoms with van der Waals surface area (Å²) in [5.74, 6) is -3.09. The molecule has 32 heavy (non-hydrogen) atoms. The molecule has 3 aromatic rings. The second-order valence-corrected chi connectivity index (χ2v) is 7.39. The van der Waals surface area contributed by atoms with Crippen LogP contribution in [-0.2, 0) is 11.3 Å². The van der Waals surface area contributed by atoms with Gasteiger partial charge in [0.1, 0.15) is 6.61 Å². The third-order valence-corrected chi connectivity index (χ3v) is 5.02. The Morgan fingerprint density at radius 2 is 1.69 bits per heavy atom. The highest BCUT2D eigenvalue weighted by Gasteiger charge is 2.18. The van der Waals surface area contributed by atoms with Crippen molar-refractivity contribution < 1.29 is 27.8 Å². The van der Waals surface area contributed by atoms with Crippen molar-refractivity contribution in [3.63, 3.8) is 0 Å². The first kappa shape index (κ1) is 23.2. The molecule has 8 heteroatoms. The molecule has 1 unspecified atom stereocenters. The van der Waals surface area contributed by atoms with Gasteiger partial charge in [-0.2, -0.15) is 0 Å². The molecule has 0 aromatic heterocycles. The van der Waals surface area contributed by atoms with E-state index in [4.69, 9.17) is 16.3 Å². The Labute approximate surface area is 188 Å². The Bertz CT molecular complexity index is 1120. The van der Waals surface area contributed by atoms with Crippen LogP contribution in [0.25, 0.3) is 0 Å². The van der Waals surface area contributed by atoms with Crippen LogP contribution in [0.5, 0.6) is 5.75 Å². The molecule has 1 N–H and O–H groups in total. The van der Waals surface area contributed by atoms with Gasteiger partial charge in [-0.05, 0) is 48.9 Å². The lowest BCUT2D eigenvalue weighted by atomic mass is 10.0. The summed E-state index contributed by atoms with van der Waals surface area (Å²) in [5, 5.41) is 3.17. The zero-order valence-electron chi connectivity index (χ0n) is 17.3. The molecule has 5 nitrogen and oxygen atoms in total. The average Bonchev–Trinajstić information content (AvgIpc) is 2.79. The van der Waals surface area contributed by atoms with Crippen molar-refractivity contribution in [1.82, 2.24) is 5.32 Å². The number of methoxy groups -OCH3 is 1. The second-order valence-electron chi connectivity index (χ2n) is 6.95. The highest BCUT2D eigenvalue weighted by Crippen LogP contribution is 2.24. The topological polar surface area (TPSA) is 64.6 Å². The van der Waals surface area contributed by atoms with Crippen LogP contribution >= 0.6 is 11.6 Å². The average molecular weight is 460 g/mol. The quantitative estimate of drug-likeness (QED) is 0.475. The van der Waals surface area contributed by atoms with Crippen molar-refractivity contribution in [3.8, 4) is 5.75 Å². The van der Waals surface area contributed by atoms with E-state index in [-0.39, 0.29) is 12.2 Å². The Morgan fingerprint density at radius 1 is 1.03 bits per heavy atom. The molecule has 1 atom stereocenters. The minimum absolute atomic E-state index is 0.215. The van der Waals surface area contributed by atoms with Crippen molar-refractivity contribution in [2.75, 3.05) is 7.11 Å². The van der Waals surface area contributed by atoms with Gasteiger partial charge in [0.25, 0.3) is 5.91 Å². The van der Waals surface area contributed by atoms with Crippen LogP contribution in [0.3, 0.4) is 0 Å². The predicted molar refractivity (Wildman–Crippen MR) is 116 cm³/mol. The maximum Gasteiger partial charge on any atom is 0.337 e. The summed E-state index contributed by atoms with van der Waals surface area (Å²) < 4.78 is 37.7. The first-order valence-corrected chi connectivity index (χ1v) is 10.0. The molecule has 0 aliphatic rings. The molecule has 0 spiro atoms. The smallest absolute Gasteiger partial charge is 0.337 e. The van der Waals surface area contributed by atoms with E-state index in [0.29, 0.717) is 16.1 Å². The predicted octanol–water partition coefficient (Wildman–Crippen LogP) is 5.47. The molecule has 1 amide bonds. The summed E-state index contributed by atoms with van der Waals surface area (Å²) in [6.07, 6.45) is 0. The lowest BCUT2D eigenvalue weighted by Crippen LogP contribution is -2.28. The van der Waals surface area contributed by atoms with Gasteiger partial charge in [0.15, 0.2) is 17.4 Å². The monoisotopic (exact) mass is 459 g/mol. The summed E-state index contributed by atoms with van der Waals surface area (Å²) in [5.41, 5.74) is 1.78. The van der Waals surface area contributed by atoms with E-state index in [1.807, 2.05) is 0 Å². The zero-order valence-corrected chi connectivity index (χ0v) is 18.1. The van der Waals surface area contributed by atoms with E-state index in [1.54, 1.807) is 43.3 Å². The number of hydrogen-bond donors (Lipinski definition) is 1. The number of halogens is 3. The lowest BCUT2D eigenvalue weighted by Gasteiger charge is -2.17. The Hall–Kier alpha value is -3.45. The number of ether oxygens (including phenoxy) is 2. The maximum absolute atomic E-state index is 13.8. The first-order chi connectivity index (χ1) is 15.3. The summed E-state index contributed by atoms with van der Waals surface area (Å²) in [6, 6.07) is 14.2. The van der Waals surface area contributed by atoms with Gasteiger partial charge in [0.2, 0.25) is 0 Å². The van der Waals surface area contributed by atoms with Crippen LogP contribution in [0.1, 0.15) is 44.8 Å². The minimum Gasteiger partial charge on any atom is -0.483 e. The second kappa shape index (κ2) is 10.2. The molecule has 3 aromatic carbocycles. The molecule has 0 radical (unpaired) electrons. The van der Waals surface area contributed by atoms with Crippen LogP contribution in [0.15, 0.2) is 60.7 Å². The molecular weight excluding hydrogens is 440 g/mol. The SMILES string of the molecule is COC(=O)c1ccc(C(C)NC(=O)c2cc(Cl)ccc2COc2c(F)cccc2F)cc1. The highest BCUT2D eigenvalue weighted by atomic mass is 35.5. The number of benzene rings is 3. The zero-order chi connectivity index (χ0) is 23.3. The van der Waals surface area contributed by atoms with Crippen LogP contribution in [0, 0.1) is 11.6 Å². The van der Waals surface area contributed by atoms with Gasteiger partial charge in [0, 0.05) is 16.1 Å². The summed E-state index contributed by atoms with van der Waals surface area (Å²) in [4.78, 5) is 24.5. The summed E-state index contributed by atoms with van der Waals surface area (Å²) in [7, 11) is 1.30. The van der Waals surface area contributed by atoms with Gasteiger partial charge in [-0.15, -0.1) is 0 Å². The van der Waals surface area contributed by atoms with Crippen LogP contribution in [0.2, 0.25) is 5.02 Å². The molecule has 0 bridgehead atoms. The number of esters is 1. The fourth-order valence-electron chi connectivity index (χ4n) is 3.04. The largest absolute Gasteiger partial charge is 0.483 e. The van der Waals surface area contributed by atoms with E-state index < -0.39 is 35.3 Å². The van der Waals surface area contributed by atoms with E-state index in [9.17, 15) is 18.4 Å². The molecule has 166 valence electrons. The third kappa shape index (κ3) is 5.42. The number of amides is 1. The standard InChI is InChI=1S/C24H20ClF2NO4/c1-14(15-6-8-16(9-7-15)24(30)31-2)28-23(29)19-12-18(25)11-10-17(19)13-32-22-20(26)4-3-5-21(22)27/h3-12,14H,13H2,1-2H3,(H,28,29). The molecule has 0 saturated heterocycles. The van der Waals surface area contributed by atoms with E-state index in [0.717, 1.165) is 17.7 Å². The summed E-state index contributed by atoms with van der Waals surface area (Å²) in [6.45, 7) is 1.54. The fraction of sp³-hybridized carbons (Fsp3) is 0.167. The molecule has 0 fully saturated rings. The first-order valence-electron chi connectivity index (χ1n) is 9.64. The van der Waals surface area contributed by atoms with Gasteiger partial charge in [0.05, 0.1) is 18.7 Å². The maximum atomic E-state index is 13.8. The highest BCUT2D eigenvalue weighted by molar-refractivity contribution is 6.31. The number of para-hydroxylation sites is 1. The van der Waals surface area contributed by atoms with Crippen molar-refractivity contribution in [3.05, 3.63) is 99.6 Å². The number of hydrogen-bond acceptors (Lipinski definition) is 4. The number of nitrogens with one attached hydrogen (secondary N) is 1.